The molecule has 0 saturated carbocycles. The first-order chi connectivity index (χ1) is 11.2. The standard InChI is InChI=1S/C16H25N5O2/c1-17-14(22)16-5-3-8-21(15-18-6-4-7-19-15)13(16)11-20(12-16)9-10-23-2/h4,6-7,13H,3,5,8-12H2,1-2H3,(H,17,22)/t13-,16-/m1/s1. The van der Waals surface area contributed by atoms with Crippen LogP contribution in [0.4, 0.5) is 5.95 Å². The quantitative estimate of drug-likeness (QED) is 0.832. The molecule has 7 heteroatoms. The summed E-state index contributed by atoms with van der Waals surface area (Å²) in [6.45, 7) is 4.03. The van der Waals surface area contributed by atoms with Crippen LogP contribution < -0.4 is 10.2 Å². The van der Waals surface area contributed by atoms with E-state index < -0.39 is 0 Å². The summed E-state index contributed by atoms with van der Waals surface area (Å²) < 4.78 is 5.21. The third-order valence-electron chi connectivity index (χ3n) is 5.07. The van der Waals surface area contributed by atoms with Gasteiger partial charge in [-0.15, -0.1) is 0 Å². The first-order valence-corrected chi connectivity index (χ1v) is 8.18. The smallest absolute Gasteiger partial charge is 0.229 e. The normalized spacial score (nSPS) is 27.7. The molecule has 2 aliphatic rings. The Balaban J connectivity index is 1.89. The summed E-state index contributed by atoms with van der Waals surface area (Å²) in [5.74, 6) is 0.849. The molecule has 2 aliphatic heterocycles. The number of nitrogens with zero attached hydrogens (tertiary/aromatic N) is 4. The summed E-state index contributed by atoms with van der Waals surface area (Å²) in [5.41, 5.74) is -0.389. The number of ether oxygens (including phenoxy) is 1. The number of fused-ring (bicyclic) bond motifs is 1. The van der Waals surface area contributed by atoms with Crippen LogP contribution in [0.5, 0.6) is 0 Å². The van der Waals surface area contributed by atoms with Gasteiger partial charge in [-0.3, -0.25) is 9.69 Å². The van der Waals surface area contributed by atoms with E-state index in [1.165, 1.54) is 0 Å². The van der Waals surface area contributed by atoms with Crippen molar-refractivity contribution in [1.82, 2.24) is 20.2 Å². The van der Waals surface area contributed by atoms with E-state index in [-0.39, 0.29) is 17.4 Å². The molecule has 0 unspecified atom stereocenters. The maximum atomic E-state index is 12.7. The summed E-state index contributed by atoms with van der Waals surface area (Å²) in [6, 6.07) is 1.93. The lowest BCUT2D eigenvalue weighted by atomic mass is 9.74. The molecule has 0 spiro atoms. The largest absolute Gasteiger partial charge is 0.383 e. The summed E-state index contributed by atoms with van der Waals surface area (Å²) in [7, 11) is 3.44. The lowest BCUT2D eigenvalue weighted by Gasteiger charge is -2.44. The maximum Gasteiger partial charge on any atom is 0.229 e. The molecular formula is C16H25N5O2. The number of carbonyl (C=O) groups is 1. The van der Waals surface area contributed by atoms with Crippen molar-refractivity contribution in [3.63, 3.8) is 0 Å². The highest BCUT2D eigenvalue weighted by molar-refractivity contribution is 5.85. The van der Waals surface area contributed by atoms with Gasteiger partial charge in [0.15, 0.2) is 0 Å². The summed E-state index contributed by atoms with van der Waals surface area (Å²) in [4.78, 5) is 26.1. The molecule has 0 aliphatic carbocycles. The van der Waals surface area contributed by atoms with Gasteiger partial charge < -0.3 is 15.0 Å². The Kier molecular flexibility index (Phi) is 4.77. The van der Waals surface area contributed by atoms with Crippen molar-refractivity contribution >= 4 is 11.9 Å². The van der Waals surface area contributed by atoms with E-state index in [0.717, 1.165) is 45.0 Å². The van der Waals surface area contributed by atoms with Gasteiger partial charge in [-0.2, -0.15) is 0 Å². The van der Waals surface area contributed by atoms with Crippen molar-refractivity contribution < 1.29 is 9.53 Å². The zero-order valence-corrected chi connectivity index (χ0v) is 13.9. The molecule has 1 aromatic rings. The monoisotopic (exact) mass is 319 g/mol. The number of likely N-dealkylation sites (tertiary alicyclic amines) is 1. The lowest BCUT2D eigenvalue weighted by Crippen LogP contribution is -2.58. The molecule has 126 valence electrons. The van der Waals surface area contributed by atoms with Gasteiger partial charge in [0.1, 0.15) is 0 Å². The Labute approximate surface area is 137 Å². The van der Waals surface area contributed by atoms with Crippen molar-refractivity contribution in [3.05, 3.63) is 18.5 Å². The Morgan fingerprint density at radius 1 is 1.48 bits per heavy atom. The van der Waals surface area contributed by atoms with E-state index >= 15 is 0 Å². The summed E-state index contributed by atoms with van der Waals surface area (Å²) in [5, 5.41) is 2.88. The van der Waals surface area contributed by atoms with Gasteiger partial charge in [0.05, 0.1) is 18.1 Å². The number of piperidine rings is 1. The van der Waals surface area contributed by atoms with E-state index in [1.807, 2.05) is 6.07 Å². The highest BCUT2D eigenvalue weighted by Gasteiger charge is 2.55. The van der Waals surface area contributed by atoms with Crippen LogP contribution in [0.3, 0.4) is 0 Å². The predicted octanol–water partition coefficient (Wildman–Crippen LogP) is 0.140. The topological polar surface area (TPSA) is 70.6 Å². The zero-order chi connectivity index (χ0) is 16.3. The first-order valence-electron chi connectivity index (χ1n) is 8.18. The Morgan fingerprint density at radius 3 is 2.96 bits per heavy atom. The third kappa shape index (κ3) is 2.90. The second-order valence-corrected chi connectivity index (χ2v) is 6.32. The van der Waals surface area contributed by atoms with Crippen molar-refractivity contribution in [2.75, 3.05) is 51.8 Å². The van der Waals surface area contributed by atoms with E-state index in [1.54, 1.807) is 26.6 Å². The average Bonchev–Trinajstić information content (AvgIpc) is 2.99. The number of methoxy groups -OCH3 is 1. The fraction of sp³-hybridized carbons (Fsp3) is 0.688. The number of aromatic nitrogens is 2. The van der Waals surface area contributed by atoms with Crippen LogP contribution >= 0.6 is 0 Å². The Bertz CT molecular complexity index is 541. The summed E-state index contributed by atoms with van der Waals surface area (Å²) in [6.07, 6.45) is 5.40. The second-order valence-electron chi connectivity index (χ2n) is 6.32. The number of amides is 1. The third-order valence-corrected chi connectivity index (χ3v) is 5.07. The van der Waals surface area contributed by atoms with E-state index in [0.29, 0.717) is 6.61 Å². The minimum Gasteiger partial charge on any atom is -0.383 e. The molecule has 3 heterocycles. The highest BCUT2D eigenvalue weighted by Crippen LogP contribution is 2.43. The minimum atomic E-state index is -0.389. The number of nitrogens with one attached hydrogen (secondary N) is 1. The Morgan fingerprint density at radius 2 is 2.26 bits per heavy atom. The van der Waals surface area contributed by atoms with Gasteiger partial charge in [-0.05, 0) is 18.9 Å². The highest BCUT2D eigenvalue weighted by atomic mass is 16.5. The van der Waals surface area contributed by atoms with Crippen molar-refractivity contribution in [2.24, 2.45) is 5.41 Å². The molecule has 1 N–H and O–H groups in total. The van der Waals surface area contributed by atoms with Crippen molar-refractivity contribution in [3.8, 4) is 0 Å². The van der Waals surface area contributed by atoms with Gasteiger partial charge in [-0.1, -0.05) is 0 Å². The van der Waals surface area contributed by atoms with E-state index in [9.17, 15) is 4.79 Å². The van der Waals surface area contributed by atoms with Crippen LogP contribution in [-0.4, -0.2) is 73.8 Å². The fourth-order valence-corrected chi connectivity index (χ4v) is 4.01. The number of rotatable bonds is 5. The fourth-order valence-electron chi connectivity index (χ4n) is 4.01. The average molecular weight is 319 g/mol. The van der Waals surface area contributed by atoms with Crippen LogP contribution in [0.15, 0.2) is 18.5 Å². The van der Waals surface area contributed by atoms with E-state index in [2.05, 4.69) is 25.1 Å². The zero-order valence-electron chi connectivity index (χ0n) is 13.9. The van der Waals surface area contributed by atoms with Crippen LogP contribution in [0, 0.1) is 5.41 Å². The van der Waals surface area contributed by atoms with Gasteiger partial charge in [0.2, 0.25) is 11.9 Å². The molecule has 1 amide bonds. The number of carbonyl (C=O) groups excluding carboxylic acids is 1. The van der Waals surface area contributed by atoms with Gasteiger partial charge in [0, 0.05) is 52.7 Å². The Hall–Kier alpha value is -1.73. The number of hydrogen-bond acceptors (Lipinski definition) is 6. The van der Waals surface area contributed by atoms with Crippen LogP contribution in [0.25, 0.3) is 0 Å². The first kappa shape index (κ1) is 16.1. The van der Waals surface area contributed by atoms with Gasteiger partial charge in [-0.25, -0.2) is 9.97 Å². The minimum absolute atomic E-state index is 0.107. The van der Waals surface area contributed by atoms with Crippen LogP contribution in [-0.2, 0) is 9.53 Å². The predicted molar refractivity (Wildman–Crippen MR) is 87.2 cm³/mol. The molecule has 2 fully saturated rings. The SMILES string of the molecule is CNC(=O)[C@@]12CCCN(c3ncccn3)[C@@H]1CN(CCOC)C2. The molecule has 0 radical (unpaired) electrons. The van der Waals surface area contributed by atoms with Gasteiger partial charge in [0.25, 0.3) is 0 Å². The number of anilines is 1. The van der Waals surface area contributed by atoms with Gasteiger partial charge >= 0.3 is 0 Å². The molecule has 1 aromatic heterocycles. The number of hydrogen-bond donors (Lipinski definition) is 1. The molecule has 7 nitrogen and oxygen atoms in total. The summed E-state index contributed by atoms with van der Waals surface area (Å²) >= 11 is 0. The van der Waals surface area contributed by atoms with Crippen molar-refractivity contribution in [2.45, 2.75) is 18.9 Å². The maximum absolute atomic E-state index is 12.7. The molecular weight excluding hydrogens is 294 g/mol. The van der Waals surface area contributed by atoms with E-state index in [4.69, 9.17) is 4.74 Å². The molecule has 2 atom stereocenters. The molecule has 0 bridgehead atoms. The second kappa shape index (κ2) is 6.80. The molecule has 23 heavy (non-hydrogen) atoms. The molecule has 0 aromatic carbocycles. The molecule has 2 saturated heterocycles. The van der Waals surface area contributed by atoms with Crippen LogP contribution in [0.1, 0.15) is 12.8 Å². The van der Waals surface area contributed by atoms with Crippen molar-refractivity contribution in [1.29, 1.82) is 0 Å². The lowest BCUT2D eigenvalue weighted by molar-refractivity contribution is -0.131. The van der Waals surface area contributed by atoms with Crippen LogP contribution in [0.2, 0.25) is 0 Å². The molecule has 3 rings (SSSR count).